The van der Waals surface area contributed by atoms with Crippen molar-refractivity contribution in [2.75, 3.05) is 0 Å². The second-order valence-corrected chi connectivity index (χ2v) is 6.21. The number of aliphatic carboxylic acids is 1. The summed E-state index contributed by atoms with van der Waals surface area (Å²) in [5.41, 5.74) is 3.66. The standard InChI is InChI=1S/C16H27NO2/c1-10(2)7-14(9-16(18)19)15-8-12(5)17(11(3)4)13(15)6/h8,10-11,14H,7,9H2,1-6H3,(H,18,19). The summed E-state index contributed by atoms with van der Waals surface area (Å²) in [5, 5.41) is 9.13. The molecule has 0 saturated carbocycles. The number of carboxylic acids is 1. The number of aryl methyl sites for hydroxylation is 1. The van der Waals surface area contributed by atoms with Gasteiger partial charge >= 0.3 is 5.97 Å². The molecule has 1 heterocycles. The van der Waals surface area contributed by atoms with Crippen molar-refractivity contribution in [3.8, 4) is 0 Å². The van der Waals surface area contributed by atoms with Crippen LogP contribution in [0.15, 0.2) is 6.07 Å². The van der Waals surface area contributed by atoms with Crippen molar-refractivity contribution in [1.82, 2.24) is 4.57 Å². The molecule has 3 nitrogen and oxygen atoms in total. The molecule has 0 aromatic carbocycles. The molecule has 0 bridgehead atoms. The van der Waals surface area contributed by atoms with Crippen LogP contribution in [0.2, 0.25) is 0 Å². The highest BCUT2D eigenvalue weighted by molar-refractivity contribution is 5.68. The first-order valence-corrected chi connectivity index (χ1v) is 7.14. The van der Waals surface area contributed by atoms with Crippen LogP contribution in [0.5, 0.6) is 0 Å². The third-order valence-corrected chi connectivity index (χ3v) is 3.66. The molecule has 1 atom stereocenters. The zero-order valence-corrected chi connectivity index (χ0v) is 13.0. The molecular weight excluding hydrogens is 238 g/mol. The summed E-state index contributed by atoms with van der Waals surface area (Å²) in [7, 11) is 0. The summed E-state index contributed by atoms with van der Waals surface area (Å²) in [6.45, 7) is 12.8. The van der Waals surface area contributed by atoms with Crippen molar-refractivity contribution in [3.05, 3.63) is 23.0 Å². The van der Waals surface area contributed by atoms with E-state index >= 15 is 0 Å². The van der Waals surface area contributed by atoms with Crippen LogP contribution in [-0.2, 0) is 4.79 Å². The molecule has 1 rings (SSSR count). The average molecular weight is 265 g/mol. The van der Waals surface area contributed by atoms with Crippen molar-refractivity contribution in [2.24, 2.45) is 5.92 Å². The number of hydrogen-bond acceptors (Lipinski definition) is 1. The summed E-state index contributed by atoms with van der Waals surface area (Å²) < 4.78 is 2.30. The van der Waals surface area contributed by atoms with Gasteiger partial charge in [0.1, 0.15) is 0 Å². The molecular formula is C16H27NO2. The third kappa shape index (κ3) is 3.85. The Labute approximate surface area is 116 Å². The molecule has 0 aliphatic carbocycles. The Balaban J connectivity index is 3.15. The summed E-state index contributed by atoms with van der Waals surface area (Å²) in [6, 6.07) is 2.59. The molecule has 0 aliphatic rings. The summed E-state index contributed by atoms with van der Waals surface area (Å²) in [5.74, 6) is -0.0809. The van der Waals surface area contributed by atoms with Gasteiger partial charge in [0.25, 0.3) is 0 Å². The van der Waals surface area contributed by atoms with Gasteiger partial charge in [0.2, 0.25) is 0 Å². The van der Waals surface area contributed by atoms with Gasteiger partial charge < -0.3 is 9.67 Å². The number of carbonyl (C=O) groups is 1. The molecule has 19 heavy (non-hydrogen) atoms. The monoisotopic (exact) mass is 265 g/mol. The fourth-order valence-electron chi connectivity index (χ4n) is 3.11. The lowest BCUT2D eigenvalue weighted by atomic mass is 9.88. The fourth-order valence-corrected chi connectivity index (χ4v) is 3.11. The number of nitrogens with zero attached hydrogens (tertiary/aromatic N) is 1. The van der Waals surface area contributed by atoms with Gasteiger partial charge in [-0.3, -0.25) is 4.79 Å². The molecule has 0 radical (unpaired) electrons. The van der Waals surface area contributed by atoms with E-state index in [2.05, 4.69) is 52.2 Å². The van der Waals surface area contributed by atoms with Crippen LogP contribution in [-0.4, -0.2) is 15.6 Å². The fraction of sp³-hybridized carbons (Fsp3) is 0.688. The largest absolute Gasteiger partial charge is 0.481 e. The maximum absolute atomic E-state index is 11.1. The van der Waals surface area contributed by atoms with Gasteiger partial charge in [-0.05, 0) is 57.6 Å². The first kappa shape index (κ1) is 15.8. The third-order valence-electron chi connectivity index (χ3n) is 3.66. The first-order chi connectivity index (χ1) is 8.73. The molecule has 108 valence electrons. The van der Waals surface area contributed by atoms with Gasteiger partial charge in [0, 0.05) is 17.4 Å². The smallest absolute Gasteiger partial charge is 0.303 e. The van der Waals surface area contributed by atoms with E-state index in [0.29, 0.717) is 12.0 Å². The quantitative estimate of drug-likeness (QED) is 0.833. The topological polar surface area (TPSA) is 42.2 Å². The summed E-state index contributed by atoms with van der Waals surface area (Å²) >= 11 is 0. The van der Waals surface area contributed by atoms with Crippen LogP contribution in [0.3, 0.4) is 0 Å². The first-order valence-electron chi connectivity index (χ1n) is 7.14. The Morgan fingerprint density at radius 2 is 1.84 bits per heavy atom. The van der Waals surface area contributed by atoms with Gasteiger partial charge in [-0.1, -0.05) is 13.8 Å². The summed E-state index contributed by atoms with van der Waals surface area (Å²) in [6.07, 6.45) is 1.15. The van der Waals surface area contributed by atoms with Crippen molar-refractivity contribution in [3.63, 3.8) is 0 Å². The second kappa shape index (κ2) is 6.27. The van der Waals surface area contributed by atoms with Gasteiger partial charge in [-0.15, -0.1) is 0 Å². The molecule has 0 saturated heterocycles. The Hall–Kier alpha value is -1.25. The van der Waals surface area contributed by atoms with E-state index in [1.165, 1.54) is 17.0 Å². The van der Waals surface area contributed by atoms with Gasteiger partial charge in [0.05, 0.1) is 6.42 Å². The van der Waals surface area contributed by atoms with E-state index in [1.807, 2.05) is 0 Å². The average Bonchev–Trinajstić information content (AvgIpc) is 2.51. The molecule has 3 heteroatoms. The lowest BCUT2D eigenvalue weighted by Crippen LogP contribution is -2.11. The number of carboxylic acid groups (broad SMARTS) is 1. The van der Waals surface area contributed by atoms with Gasteiger partial charge in [0.15, 0.2) is 0 Å². The Morgan fingerprint density at radius 1 is 1.26 bits per heavy atom. The highest BCUT2D eigenvalue weighted by atomic mass is 16.4. The van der Waals surface area contributed by atoms with Gasteiger partial charge in [-0.2, -0.15) is 0 Å². The lowest BCUT2D eigenvalue weighted by Gasteiger charge is -2.19. The highest BCUT2D eigenvalue weighted by Gasteiger charge is 2.22. The van der Waals surface area contributed by atoms with Gasteiger partial charge in [-0.25, -0.2) is 0 Å². The molecule has 0 fully saturated rings. The number of rotatable bonds is 6. The lowest BCUT2D eigenvalue weighted by molar-refractivity contribution is -0.137. The van der Waals surface area contributed by atoms with Crippen LogP contribution >= 0.6 is 0 Å². The van der Waals surface area contributed by atoms with Crippen LogP contribution < -0.4 is 0 Å². The Kier molecular flexibility index (Phi) is 5.21. The zero-order chi connectivity index (χ0) is 14.7. The summed E-state index contributed by atoms with van der Waals surface area (Å²) in [4.78, 5) is 11.1. The van der Waals surface area contributed by atoms with Crippen LogP contribution in [0, 0.1) is 19.8 Å². The molecule has 1 aromatic heterocycles. The number of hydrogen-bond donors (Lipinski definition) is 1. The van der Waals surface area contributed by atoms with Crippen molar-refractivity contribution < 1.29 is 9.90 Å². The highest BCUT2D eigenvalue weighted by Crippen LogP contribution is 2.33. The van der Waals surface area contributed by atoms with Crippen molar-refractivity contribution in [1.29, 1.82) is 0 Å². The Morgan fingerprint density at radius 3 is 2.21 bits per heavy atom. The molecule has 1 unspecified atom stereocenters. The molecule has 1 N–H and O–H groups in total. The van der Waals surface area contributed by atoms with E-state index in [-0.39, 0.29) is 12.3 Å². The van der Waals surface area contributed by atoms with E-state index < -0.39 is 5.97 Å². The van der Waals surface area contributed by atoms with E-state index in [0.717, 1.165) is 6.42 Å². The molecule has 0 aliphatic heterocycles. The SMILES string of the molecule is Cc1cc(C(CC(=O)O)CC(C)C)c(C)n1C(C)C. The van der Waals surface area contributed by atoms with E-state index in [4.69, 9.17) is 5.11 Å². The van der Waals surface area contributed by atoms with Crippen LogP contribution in [0.4, 0.5) is 0 Å². The van der Waals surface area contributed by atoms with Crippen LogP contribution in [0.25, 0.3) is 0 Å². The van der Waals surface area contributed by atoms with Crippen molar-refractivity contribution in [2.45, 2.75) is 66.3 Å². The van der Waals surface area contributed by atoms with E-state index in [9.17, 15) is 4.79 Å². The normalized spacial score (nSPS) is 13.3. The number of aromatic nitrogens is 1. The van der Waals surface area contributed by atoms with Crippen LogP contribution in [0.1, 0.15) is 69.4 Å². The minimum atomic E-state index is -0.708. The predicted octanol–water partition coefficient (Wildman–Crippen LogP) is 4.29. The second-order valence-electron chi connectivity index (χ2n) is 6.21. The minimum absolute atomic E-state index is 0.121. The predicted molar refractivity (Wildman–Crippen MR) is 78.7 cm³/mol. The van der Waals surface area contributed by atoms with Crippen molar-refractivity contribution >= 4 is 5.97 Å². The zero-order valence-electron chi connectivity index (χ0n) is 13.0. The maximum Gasteiger partial charge on any atom is 0.303 e. The van der Waals surface area contributed by atoms with E-state index in [1.54, 1.807) is 0 Å². The molecule has 0 spiro atoms. The Bertz CT molecular complexity index is 444. The maximum atomic E-state index is 11.1. The molecule has 0 amide bonds. The molecule has 1 aromatic rings. The minimum Gasteiger partial charge on any atom is -0.481 e.